The van der Waals surface area contributed by atoms with Crippen molar-refractivity contribution in [3.63, 3.8) is 0 Å². The number of ketones is 1. The molecule has 0 spiro atoms. The molecule has 0 aromatic heterocycles. The molecular weight excluding hydrogens is 288 g/mol. The first-order chi connectivity index (χ1) is 10.1. The summed E-state index contributed by atoms with van der Waals surface area (Å²) in [5.41, 5.74) is -0.112. The van der Waals surface area contributed by atoms with Gasteiger partial charge >= 0.3 is 5.97 Å². The van der Waals surface area contributed by atoms with Crippen molar-refractivity contribution in [2.45, 2.75) is 32.1 Å². The molecule has 0 aliphatic heterocycles. The van der Waals surface area contributed by atoms with E-state index in [1.165, 1.54) is 13.2 Å². The second-order valence-electron chi connectivity index (χ2n) is 5.38. The average molecular weight is 307 g/mol. The van der Waals surface area contributed by atoms with Crippen LogP contribution in [0.3, 0.4) is 0 Å². The van der Waals surface area contributed by atoms with Gasteiger partial charge in [0.1, 0.15) is 5.41 Å². The first kappa shape index (κ1) is 15.8. The highest BCUT2D eigenvalue weighted by atomic mass is 35.5. The molecule has 0 heterocycles. The highest BCUT2D eigenvalue weighted by molar-refractivity contribution is 6.30. The molecule has 0 bridgehead atoms. The Labute approximate surface area is 129 Å². The minimum Gasteiger partial charge on any atom is -0.468 e. The minimum atomic E-state index is -0.990. The van der Waals surface area contributed by atoms with Crippen LogP contribution in [-0.2, 0) is 14.3 Å². The van der Waals surface area contributed by atoms with Gasteiger partial charge < -0.3 is 4.74 Å². The van der Waals surface area contributed by atoms with E-state index in [9.17, 15) is 9.59 Å². The molecular formula is C17H19ClO3. The molecule has 0 unspecified atom stereocenters. The summed E-state index contributed by atoms with van der Waals surface area (Å²) in [4.78, 5) is 24.6. The molecule has 1 saturated carbocycles. The van der Waals surface area contributed by atoms with Crippen LogP contribution in [0, 0.1) is 5.41 Å². The normalized spacial score (nSPS) is 17.6. The summed E-state index contributed by atoms with van der Waals surface area (Å²) in [6.07, 6.45) is 7.19. The number of carbonyl (C=O) groups is 2. The van der Waals surface area contributed by atoms with E-state index in [4.69, 9.17) is 16.3 Å². The maximum absolute atomic E-state index is 12.5. The zero-order chi connectivity index (χ0) is 15.3. The summed E-state index contributed by atoms with van der Waals surface area (Å²) < 4.78 is 4.87. The topological polar surface area (TPSA) is 43.4 Å². The lowest BCUT2D eigenvalue weighted by molar-refractivity contribution is -0.158. The molecule has 2 rings (SSSR count). The van der Waals surface area contributed by atoms with Crippen LogP contribution < -0.4 is 0 Å². The molecule has 0 radical (unpaired) electrons. The number of hydrogen-bond donors (Lipinski definition) is 0. The van der Waals surface area contributed by atoms with Crippen LogP contribution in [0.2, 0.25) is 5.02 Å². The van der Waals surface area contributed by atoms with Crippen molar-refractivity contribution in [1.82, 2.24) is 0 Å². The van der Waals surface area contributed by atoms with E-state index in [1.54, 1.807) is 18.2 Å². The Morgan fingerprint density at radius 3 is 2.33 bits per heavy atom. The van der Waals surface area contributed by atoms with Crippen molar-refractivity contribution in [1.29, 1.82) is 0 Å². The molecule has 112 valence electrons. The van der Waals surface area contributed by atoms with E-state index in [1.807, 2.05) is 12.1 Å². The highest BCUT2D eigenvalue weighted by Crippen LogP contribution is 2.38. The van der Waals surface area contributed by atoms with Gasteiger partial charge in [0.25, 0.3) is 0 Å². The Kier molecular flexibility index (Phi) is 5.18. The number of rotatable bonds is 4. The van der Waals surface area contributed by atoms with Crippen molar-refractivity contribution in [2.75, 3.05) is 7.11 Å². The number of methoxy groups -OCH3 is 1. The predicted octanol–water partition coefficient (Wildman–Crippen LogP) is 4.05. The van der Waals surface area contributed by atoms with E-state index >= 15 is 0 Å². The number of esters is 1. The molecule has 21 heavy (non-hydrogen) atoms. The molecule has 4 heteroatoms. The van der Waals surface area contributed by atoms with Gasteiger partial charge in [-0.2, -0.15) is 0 Å². The lowest BCUT2D eigenvalue weighted by atomic mass is 9.71. The van der Waals surface area contributed by atoms with Gasteiger partial charge in [0.15, 0.2) is 5.78 Å². The van der Waals surface area contributed by atoms with E-state index in [-0.39, 0.29) is 5.78 Å². The SMILES string of the molecule is COC(=O)C1(C(=O)C=Cc2ccc(Cl)cc2)CCCCC1. The summed E-state index contributed by atoms with van der Waals surface area (Å²) in [6, 6.07) is 7.19. The average Bonchev–Trinajstić information content (AvgIpc) is 2.53. The standard InChI is InChI=1S/C17H19ClO3/c1-21-16(20)17(11-3-2-4-12-17)15(19)10-7-13-5-8-14(18)9-6-13/h5-10H,2-4,11-12H2,1H3. The molecule has 0 amide bonds. The van der Waals surface area contributed by atoms with E-state index in [0.717, 1.165) is 24.8 Å². The third kappa shape index (κ3) is 3.53. The minimum absolute atomic E-state index is 0.163. The van der Waals surface area contributed by atoms with Crippen LogP contribution in [0.15, 0.2) is 30.3 Å². The van der Waals surface area contributed by atoms with E-state index < -0.39 is 11.4 Å². The summed E-state index contributed by atoms with van der Waals surface area (Å²) in [7, 11) is 1.34. The largest absolute Gasteiger partial charge is 0.468 e. The van der Waals surface area contributed by atoms with Gasteiger partial charge in [-0.05, 0) is 36.6 Å². The number of ether oxygens (including phenoxy) is 1. The maximum Gasteiger partial charge on any atom is 0.319 e. The maximum atomic E-state index is 12.5. The molecule has 1 aromatic rings. The predicted molar refractivity (Wildman–Crippen MR) is 83.0 cm³/mol. The van der Waals surface area contributed by atoms with Crippen molar-refractivity contribution in [2.24, 2.45) is 5.41 Å². The molecule has 1 fully saturated rings. The lowest BCUT2D eigenvalue weighted by Crippen LogP contribution is -2.41. The lowest BCUT2D eigenvalue weighted by Gasteiger charge is -2.31. The van der Waals surface area contributed by atoms with Crippen LogP contribution >= 0.6 is 11.6 Å². The highest BCUT2D eigenvalue weighted by Gasteiger charge is 2.45. The van der Waals surface area contributed by atoms with Crippen LogP contribution in [0.1, 0.15) is 37.7 Å². The quantitative estimate of drug-likeness (QED) is 0.479. The van der Waals surface area contributed by atoms with Gasteiger partial charge in [-0.25, -0.2) is 0 Å². The van der Waals surface area contributed by atoms with Crippen LogP contribution in [-0.4, -0.2) is 18.9 Å². The van der Waals surface area contributed by atoms with Gasteiger partial charge in [0.2, 0.25) is 0 Å². The van der Waals surface area contributed by atoms with Crippen molar-refractivity contribution >= 4 is 29.4 Å². The zero-order valence-corrected chi connectivity index (χ0v) is 12.9. The molecule has 1 aromatic carbocycles. The van der Waals surface area contributed by atoms with Crippen LogP contribution in [0.4, 0.5) is 0 Å². The van der Waals surface area contributed by atoms with E-state index in [2.05, 4.69) is 0 Å². The van der Waals surface area contributed by atoms with Gasteiger partial charge in [0.05, 0.1) is 7.11 Å². The fraction of sp³-hybridized carbons (Fsp3) is 0.412. The summed E-state index contributed by atoms with van der Waals surface area (Å²) in [5, 5.41) is 0.650. The number of allylic oxidation sites excluding steroid dienone is 1. The smallest absolute Gasteiger partial charge is 0.319 e. The fourth-order valence-electron chi connectivity index (χ4n) is 2.81. The van der Waals surface area contributed by atoms with Gasteiger partial charge in [-0.3, -0.25) is 9.59 Å². The van der Waals surface area contributed by atoms with Crippen molar-refractivity contribution < 1.29 is 14.3 Å². The number of hydrogen-bond acceptors (Lipinski definition) is 3. The second kappa shape index (κ2) is 6.90. The van der Waals surface area contributed by atoms with Gasteiger partial charge in [0, 0.05) is 5.02 Å². The van der Waals surface area contributed by atoms with Crippen molar-refractivity contribution in [3.05, 3.63) is 40.9 Å². The van der Waals surface area contributed by atoms with Gasteiger partial charge in [-0.15, -0.1) is 0 Å². The van der Waals surface area contributed by atoms with E-state index in [0.29, 0.717) is 17.9 Å². The summed E-state index contributed by atoms with van der Waals surface area (Å²) in [5.74, 6) is -0.572. The van der Waals surface area contributed by atoms with Crippen LogP contribution in [0.5, 0.6) is 0 Å². The Hall–Kier alpha value is -1.61. The number of benzene rings is 1. The molecule has 0 N–H and O–H groups in total. The molecule has 0 atom stereocenters. The number of halogens is 1. The monoisotopic (exact) mass is 306 g/mol. The number of carbonyl (C=O) groups excluding carboxylic acids is 2. The third-order valence-corrected chi connectivity index (χ3v) is 4.30. The molecule has 1 aliphatic carbocycles. The Morgan fingerprint density at radius 1 is 1.14 bits per heavy atom. The first-order valence-corrected chi connectivity index (χ1v) is 7.53. The Balaban J connectivity index is 2.18. The Morgan fingerprint density at radius 2 is 1.76 bits per heavy atom. The zero-order valence-electron chi connectivity index (χ0n) is 12.1. The first-order valence-electron chi connectivity index (χ1n) is 7.15. The van der Waals surface area contributed by atoms with Crippen LogP contribution in [0.25, 0.3) is 6.08 Å². The Bertz CT molecular complexity index is 540. The molecule has 0 saturated heterocycles. The van der Waals surface area contributed by atoms with Gasteiger partial charge in [-0.1, -0.05) is 49.1 Å². The molecule has 1 aliphatic rings. The molecule has 3 nitrogen and oxygen atoms in total. The van der Waals surface area contributed by atoms with Crippen molar-refractivity contribution in [3.8, 4) is 0 Å². The summed E-state index contributed by atoms with van der Waals surface area (Å²) in [6.45, 7) is 0. The summed E-state index contributed by atoms with van der Waals surface area (Å²) >= 11 is 5.83. The fourth-order valence-corrected chi connectivity index (χ4v) is 2.93. The second-order valence-corrected chi connectivity index (χ2v) is 5.82. The third-order valence-electron chi connectivity index (χ3n) is 4.05.